The largest absolute Gasteiger partial charge is 0.262 e. The molecule has 1 aromatic rings. The summed E-state index contributed by atoms with van der Waals surface area (Å²) in [7, 11) is 0. The van der Waals surface area contributed by atoms with Gasteiger partial charge in [0, 0.05) is 11.9 Å². The lowest BCUT2D eigenvalue weighted by atomic mass is 10.1. The molecule has 0 radical (unpaired) electrons. The Morgan fingerprint density at radius 2 is 2.21 bits per heavy atom. The second kappa shape index (κ2) is 4.89. The summed E-state index contributed by atoms with van der Waals surface area (Å²) < 4.78 is 0. The molecule has 0 fully saturated rings. The smallest absolute Gasteiger partial charge is 0.0841 e. The first-order valence-electron chi connectivity index (χ1n) is 5.13. The number of aryl methyl sites for hydroxylation is 1. The zero-order valence-electron chi connectivity index (χ0n) is 9.41. The van der Waals surface area contributed by atoms with Gasteiger partial charge in [0.1, 0.15) is 0 Å². The average Bonchev–Trinajstić information content (AvgIpc) is 2.16. The first-order valence-corrected chi connectivity index (χ1v) is 5.13. The highest BCUT2D eigenvalue weighted by Crippen LogP contribution is 2.18. The lowest BCUT2D eigenvalue weighted by Gasteiger charge is -2.08. The summed E-state index contributed by atoms with van der Waals surface area (Å²) in [4.78, 5) is 8.72. The molecular weight excluding hydrogens is 172 g/mol. The standard InChI is InChI=1S/C12H18N2/c1-5-11(9(2)3)14-12-8-13-7-6-10(12)4/h6-9H,5H2,1-4H3. The van der Waals surface area contributed by atoms with Gasteiger partial charge < -0.3 is 0 Å². The molecule has 0 aliphatic carbocycles. The lowest BCUT2D eigenvalue weighted by Crippen LogP contribution is -2.05. The fourth-order valence-electron chi connectivity index (χ4n) is 1.34. The van der Waals surface area contributed by atoms with Crippen molar-refractivity contribution in [3.8, 4) is 0 Å². The van der Waals surface area contributed by atoms with E-state index < -0.39 is 0 Å². The molecule has 0 amide bonds. The van der Waals surface area contributed by atoms with Crippen LogP contribution in [-0.2, 0) is 0 Å². The van der Waals surface area contributed by atoms with Crippen LogP contribution < -0.4 is 0 Å². The molecule has 0 unspecified atom stereocenters. The van der Waals surface area contributed by atoms with E-state index in [1.165, 1.54) is 11.3 Å². The molecule has 0 saturated carbocycles. The van der Waals surface area contributed by atoms with E-state index >= 15 is 0 Å². The van der Waals surface area contributed by atoms with Crippen molar-refractivity contribution in [1.29, 1.82) is 0 Å². The Bertz CT molecular complexity index is 327. The maximum absolute atomic E-state index is 4.63. The highest BCUT2D eigenvalue weighted by Gasteiger charge is 2.03. The van der Waals surface area contributed by atoms with Gasteiger partial charge in [-0.25, -0.2) is 0 Å². The summed E-state index contributed by atoms with van der Waals surface area (Å²) in [6, 6.07) is 1.99. The molecule has 0 bridgehead atoms. The Labute approximate surface area is 86.1 Å². The van der Waals surface area contributed by atoms with E-state index in [1.54, 1.807) is 6.20 Å². The quantitative estimate of drug-likeness (QED) is 0.669. The fourth-order valence-corrected chi connectivity index (χ4v) is 1.34. The van der Waals surface area contributed by atoms with E-state index in [0.717, 1.165) is 12.1 Å². The van der Waals surface area contributed by atoms with E-state index in [-0.39, 0.29) is 0 Å². The summed E-state index contributed by atoms with van der Waals surface area (Å²) in [5, 5.41) is 0. The van der Waals surface area contributed by atoms with Crippen LogP contribution in [0.3, 0.4) is 0 Å². The third kappa shape index (κ3) is 2.66. The third-order valence-electron chi connectivity index (χ3n) is 2.30. The van der Waals surface area contributed by atoms with Gasteiger partial charge in [-0.2, -0.15) is 0 Å². The first-order chi connectivity index (χ1) is 6.65. The monoisotopic (exact) mass is 190 g/mol. The van der Waals surface area contributed by atoms with E-state index in [4.69, 9.17) is 0 Å². The van der Waals surface area contributed by atoms with E-state index in [9.17, 15) is 0 Å². The van der Waals surface area contributed by atoms with Crippen molar-refractivity contribution in [1.82, 2.24) is 4.98 Å². The van der Waals surface area contributed by atoms with E-state index in [2.05, 4.69) is 37.7 Å². The Hall–Kier alpha value is -1.18. The minimum atomic E-state index is 0.514. The third-order valence-corrected chi connectivity index (χ3v) is 2.30. The number of pyridine rings is 1. The zero-order valence-corrected chi connectivity index (χ0v) is 9.41. The molecule has 1 rings (SSSR count). The first kappa shape index (κ1) is 10.9. The van der Waals surface area contributed by atoms with Crippen molar-refractivity contribution in [2.24, 2.45) is 10.9 Å². The molecule has 14 heavy (non-hydrogen) atoms. The SMILES string of the molecule is CCC(=Nc1cnccc1C)C(C)C. The summed E-state index contributed by atoms with van der Waals surface area (Å²) in [6.45, 7) is 8.56. The van der Waals surface area contributed by atoms with Gasteiger partial charge in [-0.1, -0.05) is 20.8 Å². The van der Waals surface area contributed by atoms with Crippen LogP contribution in [0.4, 0.5) is 5.69 Å². The second-order valence-corrected chi connectivity index (χ2v) is 3.77. The van der Waals surface area contributed by atoms with Crippen LogP contribution in [0.5, 0.6) is 0 Å². The molecule has 2 nitrogen and oxygen atoms in total. The maximum atomic E-state index is 4.63. The highest BCUT2D eigenvalue weighted by molar-refractivity contribution is 5.88. The van der Waals surface area contributed by atoms with Crippen molar-refractivity contribution in [3.63, 3.8) is 0 Å². The second-order valence-electron chi connectivity index (χ2n) is 3.77. The predicted molar refractivity (Wildman–Crippen MR) is 61.2 cm³/mol. The maximum Gasteiger partial charge on any atom is 0.0841 e. The topological polar surface area (TPSA) is 25.2 Å². The Morgan fingerprint density at radius 1 is 1.50 bits per heavy atom. The van der Waals surface area contributed by atoms with Crippen LogP contribution in [0.1, 0.15) is 32.8 Å². The van der Waals surface area contributed by atoms with Crippen LogP contribution in [0.2, 0.25) is 0 Å². The predicted octanol–water partition coefficient (Wildman–Crippen LogP) is 3.53. The van der Waals surface area contributed by atoms with Crippen LogP contribution in [0.25, 0.3) is 0 Å². The molecule has 0 spiro atoms. The van der Waals surface area contributed by atoms with Gasteiger partial charge in [0.2, 0.25) is 0 Å². The van der Waals surface area contributed by atoms with Crippen LogP contribution >= 0.6 is 0 Å². The van der Waals surface area contributed by atoms with Crippen LogP contribution in [0, 0.1) is 12.8 Å². The zero-order chi connectivity index (χ0) is 10.6. The number of rotatable bonds is 3. The molecule has 0 atom stereocenters. The minimum absolute atomic E-state index is 0.514. The van der Waals surface area contributed by atoms with E-state index in [1.807, 2.05) is 12.3 Å². The van der Waals surface area contributed by atoms with Gasteiger partial charge in [0.15, 0.2) is 0 Å². The molecule has 0 aliphatic rings. The highest BCUT2D eigenvalue weighted by atomic mass is 14.8. The van der Waals surface area contributed by atoms with Crippen molar-refractivity contribution in [3.05, 3.63) is 24.0 Å². The molecular formula is C12H18N2. The number of aliphatic imine (C=N–C) groups is 1. The molecule has 1 heterocycles. The Kier molecular flexibility index (Phi) is 3.81. The number of hydrogen-bond acceptors (Lipinski definition) is 2. The molecule has 1 aromatic heterocycles. The minimum Gasteiger partial charge on any atom is -0.262 e. The summed E-state index contributed by atoms with van der Waals surface area (Å²) in [5.74, 6) is 0.514. The Balaban J connectivity index is 3.00. The van der Waals surface area contributed by atoms with E-state index in [0.29, 0.717) is 5.92 Å². The molecule has 0 aromatic carbocycles. The summed E-state index contributed by atoms with van der Waals surface area (Å²) in [6.07, 6.45) is 4.63. The van der Waals surface area contributed by atoms with Crippen molar-refractivity contribution in [2.75, 3.05) is 0 Å². The van der Waals surface area contributed by atoms with Crippen LogP contribution in [-0.4, -0.2) is 10.7 Å². The van der Waals surface area contributed by atoms with Gasteiger partial charge in [0.25, 0.3) is 0 Å². The van der Waals surface area contributed by atoms with Crippen LogP contribution in [0.15, 0.2) is 23.5 Å². The molecule has 0 N–H and O–H groups in total. The van der Waals surface area contributed by atoms with Gasteiger partial charge in [-0.05, 0) is 30.9 Å². The van der Waals surface area contributed by atoms with Gasteiger partial charge in [-0.15, -0.1) is 0 Å². The molecule has 0 aliphatic heterocycles. The van der Waals surface area contributed by atoms with Crippen molar-refractivity contribution < 1.29 is 0 Å². The summed E-state index contributed by atoms with van der Waals surface area (Å²) in [5.41, 5.74) is 3.42. The average molecular weight is 190 g/mol. The van der Waals surface area contributed by atoms with Crippen molar-refractivity contribution in [2.45, 2.75) is 34.1 Å². The van der Waals surface area contributed by atoms with Gasteiger partial charge in [-0.3, -0.25) is 9.98 Å². The molecule has 76 valence electrons. The lowest BCUT2D eigenvalue weighted by molar-refractivity contribution is 0.857. The number of hydrogen-bond donors (Lipinski definition) is 0. The molecule has 2 heteroatoms. The van der Waals surface area contributed by atoms with Crippen molar-refractivity contribution >= 4 is 11.4 Å². The summed E-state index contributed by atoms with van der Waals surface area (Å²) >= 11 is 0. The van der Waals surface area contributed by atoms with Gasteiger partial charge in [0.05, 0.1) is 11.9 Å². The van der Waals surface area contributed by atoms with Gasteiger partial charge >= 0.3 is 0 Å². The number of aromatic nitrogens is 1. The Morgan fingerprint density at radius 3 is 2.71 bits per heavy atom. The molecule has 0 saturated heterocycles. The number of nitrogens with zero attached hydrogens (tertiary/aromatic N) is 2. The normalized spacial score (nSPS) is 12.2. The fraction of sp³-hybridized carbons (Fsp3) is 0.500.